The zero-order valence-corrected chi connectivity index (χ0v) is 15.0. The first kappa shape index (κ1) is 16.8. The summed E-state index contributed by atoms with van der Waals surface area (Å²) in [6.45, 7) is 0. The third-order valence-electron chi connectivity index (χ3n) is 4.71. The molecule has 2 N–H and O–H groups in total. The fraction of sp³-hybridized carbons (Fsp3) is 0.0909. The molecule has 1 aliphatic carbocycles. The van der Waals surface area contributed by atoms with Gasteiger partial charge >= 0.3 is 0 Å². The highest BCUT2D eigenvalue weighted by atomic mass is 16.5. The molecule has 0 unspecified atom stereocenters. The number of hydrogen-bond acceptors (Lipinski definition) is 5. The van der Waals surface area contributed by atoms with Crippen molar-refractivity contribution in [3.63, 3.8) is 0 Å². The van der Waals surface area contributed by atoms with E-state index >= 15 is 0 Å². The van der Waals surface area contributed by atoms with Crippen molar-refractivity contribution in [1.82, 2.24) is 0 Å². The van der Waals surface area contributed by atoms with Crippen LogP contribution in [0.4, 0.5) is 17.1 Å². The van der Waals surface area contributed by atoms with Crippen molar-refractivity contribution in [2.45, 2.75) is 0 Å². The van der Waals surface area contributed by atoms with Crippen molar-refractivity contribution in [2.75, 3.05) is 24.8 Å². The van der Waals surface area contributed by atoms with Crippen LogP contribution in [0.15, 0.2) is 60.7 Å². The largest absolute Gasteiger partial charge is 0.497 e. The number of methoxy groups -OCH3 is 1. The minimum absolute atomic E-state index is 0.150. The lowest BCUT2D eigenvalue weighted by Crippen LogP contribution is -2.23. The van der Waals surface area contributed by atoms with E-state index in [9.17, 15) is 9.59 Å². The predicted molar refractivity (Wildman–Crippen MR) is 106 cm³/mol. The Morgan fingerprint density at radius 3 is 1.85 bits per heavy atom. The van der Waals surface area contributed by atoms with Crippen LogP contribution in [-0.2, 0) is 0 Å². The first-order chi connectivity index (χ1) is 13.1. The number of anilines is 3. The van der Waals surface area contributed by atoms with E-state index in [4.69, 9.17) is 4.74 Å². The van der Waals surface area contributed by atoms with E-state index in [2.05, 4.69) is 10.6 Å². The summed E-state index contributed by atoms with van der Waals surface area (Å²) in [5, 5.41) is 6.29. The second-order valence-corrected chi connectivity index (χ2v) is 6.22. The molecular formula is C22H18N2O3. The van der Waals surface area contributed by atoms with Crippen molar-refractivity contribution in [3.8, 4) is 5.75 Å². The molecule has 0 saturated heterocycles. The third kappa shape index (κ3) is 2.73. The van der Waals surface area contributed by atoms with Crippen LogP contribution in [-0.4, -0.2) is 25.7 Å². The Hall–Kier alpha value is -3.60. The van der Waals surface area contributed by atoms with Crippen LogP contribution in [0.1, 0.15) is 31.8 Å². The zero-order chi connectivity index (χ0) is 19.0. The van der Waals surface area contributed by atoms with Gasteiger partial charge in [0.25, 0.3) is 0 Å². The molecule has 0 saturated carbocycles. The number of rotatable bonds is 4. The molecule has 0 heterocycles. The van der Waals surface area contributed by atoms with Gasteiger partial charge in [-0.25, -0.2) is 0 Å². The quantitative estimate of drug-likeness (QED) is 0.571. The van der Waals surface area contributed by atoms with Gasteiger partial charge in [-0.05, 0) is 36.4 Å². The second kappa shape index (κ2) is 6.61. The Morgan fingerprint density at radius 2 is 1.30 bits per heavy atom. The van der Waals surface area contributed by atoms with Gasteiger partial charge in [0.1, 0.15) is 5.75 Å². The maximum Gasteiger partial charge on any atom is 0.196 e. The van der Waals surface area contributed by atoms with Crippen molar-refractivity contribution in [1.29, 1.82) is 0 Å². The molecular weight excluding hydrogens is 340 g/mol. The molecule has 1 aliphatic rings. The average molecular weight is 358 g/mol. The number of hydrogen-bond donors (Lipinski definition) is 2. The predicted octanol–water partition coefficient (Wildman–Crippen LogP) is 4.26. The second-order valence-electron chi connectivity index (χ2n) is 6.22. The third-order valence-corrected chi connectivity index (χ3v) is 4.71. The Bertz CT molecular complexity index is 1060. The monoisotopic (exact) mass is 358 g/mol. The van der Waals surface area contributed by atoms with E-state index < -0.39 is 0 Å². The number of carbonyl (C=O) groups is 2. The first-order valence-electron chi connectivity index (χ1n) is 8.58. The van der Waals surface area contributed by atoms with E-state index in [1.54, 1.807) is 38.4 Å². The van der Waals surface area contributed by atoms with Gasteiger partial charge in [-0.1, -0.05) is 24.3 Å². The Balaban J connectivity index is 1.85. The lowest BCUT2D eigenvalue weighted by atomic mass is 9.82. The van der Waals surface area contributed by atoms with E-state index in [0.29, 0.717) is 33.6 Å². The summed E-state index contributed by atoms with van der Waals surface area (Å²) in [5.41, 5.74) is 3.70. The van der Waals surface area contributed by atoms with Crippen LogP contribution in [0.3, 0.4) is 0 Å². The molecule has 0 aliphatic heterocycles. The summed E-state index contributed by atoms with van der Waals surface area (Å²) >= 11 is 0. The van der Waals surface area contributed by atoms with Gasteiger partial charge in [0.05, 0.1) is 23.9 Å². The molecule has 27 heavy (non-hydrogen) atoms. The number of carbonyl (C=O) groups excluding carboxylic acids is 2. The fourth-order valence-electron chi connectivity index (χ4n) is 3.37. The zero-order valence-electron chi connectivity index (χ0n) is 15.0. The molecule has 0 fully saturated rings. The number of ether oxygens (including phenoxy) is 1. The summed E-state index contributed by atoms with van der Waals surface area (Å²) in [7, 11) is 3.35. The van der Waals surface area contributed by atoms with Crippen LogP contribution >= 0.6 is 0 Å². The van der Waals surface area contributed by atoms with Gasteiger partial charge < -0.3 is 15.4 Å². The number of fused-ring (bicyclic) bond motifs is 2. The lowest BCUT2D eigenvalue weighted by Gasteiger charge is -2.23. The Morgan fingerprint density at radius 1 is 0.741 bits per heavy atom. The maximum atomic E-state index is 13.2. The minimum atomic E-state index is -0.159. The lowest BCUT2D eigenvalue weighted by molar-refractivity contribution is 0.0980. The molecule has 5 nitrogen and oxygen atoms in total. The highest BCUT2D eigenvalue weighted by molar-refractivity contribution is 6.32. The van der Waals surface area contributed by atoms with E-state index in [-0.39, 0.29) is 11.6 Å². The molecule has 4 rings (SSSR count). The molecule has 0 spiro atoms. The molecule has 3 aromatic rings. The summed E-state index contributed by atoms with van der Waals surface area (Å²) in [5.74, 6) is 0.435. The van der Waals surface area contributed by atoms with E-state index in [0.717, 1.165) is 11.4 Å². The Labute approximate surface area is 157 Å². The van der Waals surface area contributed by atoms with Gasteiger partial charge in [0.2, 0.25) is 0 Å². The summed E-state index contributed by atoms with van der Waals surface area (Å²) < 4.78 is 5.18. The molecule has 0 bridgehead atoms. The number of nitrogens with one attached hydrogen (secondary N) is 2. The van der Waals surface area contributed by atoms with Crippen molar-refractivity contribution in [3.05, 3.63) is 82.9 Å². The Kier molecular flexibility index (Phi) is 4.12. The van der Waals surface area contributed by atoms with Gasteiger partial charge in [0, 0.05) is 29.5 Å². The molecule has 0 radical (unpaired) electrons. The molecule has 0 atom stereocenters. The van der Waals surface area contributed by atoms with Crippen molar-refractivity contribution < 1.29 is 14.3 Å². The molecule has 5 heteroatoms. The van der Waals surface area contributed by atoms with Crippen molar-refractivity contribution >= 4 is 28.6 Å². The molecule has 134 valence electrons. The highest BCUT2D eigenvalue weighted by Gasteiger charge is 2.33. The summed E-state index contributed by atoms with van der Waals surface area (Å²) in [6, 6.07) is 17.9. The topological polar surface area (TPSA) is 67.4 Å². The highest BCUT2D eigenvalue weighted by Crippen LogP contribution is 2.37. The standard InChI is InChI=1S/C22H18N2O3/c1-23-17-11-12-18(24-13-7-9-14(27-2)10-8-13)20-19(17)21(25)15-5-3-4-6-16(15)22(20)26/h3-12,23-24H,1-2H3. The maximum absolute atomic E-state index is 13.2. The van der Waals surface area contributed by atoms with Crippen LogP contribution in [0.5, 0.6) is 5.75 Å². The number of ketones is 2. The van der Waals surface area contributed by atoms with Crippen molar-refractivity contribution in [2.24, 2.45) is 0 Å². The normalized spacial score (nSPS) is 12.2. The number of benzene rings is 3. The van der Waals surface area contributed by atoms with Crippen LogP contribution in [0.25, 0.3) is 0 Å². The fourth-order valence-corrected chi connectivity index (χ4v) is 3.37. The molecule has 3 aromatic carbocycles. The van der Waals surface area contributed by atoms with Crippen LogP contribution in [0.2, 0.25) is 0 Å². The summed E-state index contributed by atoms with van der Waals surface area (Å²) in [6.07, 6.45) is 0. The van der Waals surface area contributed by atoms with Gasteiger partial charge in [-0.2, -0.15) is 0 Å². The average Bonchev–Trinajstić information content (AvgIpc) is 2.72. The van der Waals surface area contributed by atoms with Gasteiger partial charge in [-0.15, -0.1) is 0 Å². The van der Waals surface area contributed by atoms with Gasteiger partial charge in [-0.3, -0.25) is 9.59 Å². The minimum Gasteiger partial charge on any atom is -0.497 e. The van der Waals surface area contributed by atoms with E-state index in [1.807, 2.05) is 36.4 Å². The molecule has 0 amide bonds. The first-order valence-corrected chi connectivity index (χ1v) is 8.58. The molecule has 0 aromatic heterocycles. The smallest absolute Gasteiger partial charge is 0.196 e. The van der Waals surface area contributed by atoms with E-state index in [1.165, 1.54) is 0 Å². The summed E-state index contributed by atoms with van der Waals surface area (Å²) in [4.78, 5) is 26.3. The van der Waals surface area contributed by atoms with Crippen LogP contribution in [0, 0.1) is 0 Å². The SMILES string of the molecule is CNc1ccc(Nc2ccc(OC)cc2)c2c1C(=O)c1ccccc1C2=O. The van der Waals surface area contributed by atoms with Gasteiger partial charge in [0.15, 0.2) is 11.6 Å². The van der Waals surface area contributed by atoms with Crippen LogP contribution < -0.4 is 15.4 Å².